The molecule has 182 valence electrons. The third-order valence-electron chi connectivity index (χ3n) is 6.17. The first-order valence-corrected chi connectivity index (χ1v) is 12.4. The molecule has 1 aromatic carbocycles. The number of fused-ring (bicyclic) bond motifs is 1. The summed E-state index contributed by atoms with van der Waals surface area (Å²) in [7, 11) is 0. The van der Waals surface area contributed by atoms with Gasteiger partial charge < -0.3 is 14.9 Å². The van der Waals surface area contributed by atoms with Crippen molar-refractivity contribution in [2.75, 3.05) is 31.1 Å². The van der Waals surface area contributed by atoms with E-state index in [9.17, 15) is 9.90 Å². The summed E-state index contributed by atoms with van der Waals surface area (Å²) < 4.78 is 0. The number of amides is 1. The van der Waals surface area contributed by atoms with Gasteiger partial charge in [0.25, 0.3) is 0 Å². The summed E-state index contributed by atoms with van der Waals surface area (Å²) in [5.74, 6) is 2.24. The number of benzene rings is 1. The average molecular weight is 463 g/mol. The lowest BCUT2D eigenvalue weighted by Gasteiger charge is -2.36. The second-order valence-electron chi connectivity index (χ2n) is 9.36. The Balaban J connectivity index is 1.90. The molecule has 34 heavy (non-hydrogen) atoms. The van der Waals surface area contributed by atoms with Crippen molar-refractivity contribution in [2.45, 2.75) is 53.4 Å². The van der Waals surface area contributed by atoms with Crippen molar-refractivity contribution < 1.29 is 9.90 Å². The SMILES string of the molecule is C=C/C(O)=C(\C=C/CC)c1nc(N2CCN(C(=O)CCCC(C)C)CC2)c2ccc(C)cc2n1. The highest BCUT2D eigenvalue weighted by Crippen LogP contribution is 2.29. The topological polar surface area (TPSA) is 69.6 Å². The molecule has 0 atom stereocenters. The van der Waals surface area contributed by atoms with Gasteiger partial charge >= 0.3 is 0 Å². The molecule has 0 unspecified atom stereocenters. The van der Waals surface area contributed by atoms with Crippen molar-refractivity contribution in [3.8, 4) is 0 Å². The van der Waals surface area contributed by atoms with E-state index in [2.05, 4.69) is 37.5 Å². The highest BCUT2D eigenvalue weighted by molar-refractivity contribution is 5.92. The summed E-state index contributed by atoms with van der Waals surface area (Å²) in [5, 5.41) is 11.5. The highest BCUT2D eigenvalue weighted by atomic mass is 16.3. The molecule has 6 nitrogen and oxygen atoms in total. The van der Waals surface area contributed by atoms with Crippen molar-refractivity contribution in [3.63, 3.8) is 0 Å². The maximum Gasteiger partial charge on any atom is 0.222 e. The van der Waals surface area contributed by atoms with E-state index in [1.165, 1.54) is 6.08 Å². The Morgan fingerprint density at radius 1 is 1.21 bits per heavy atom. The lowest BCUT2D eigenvalue weighted by molar-refractivity contribution is -0.131. The fourth-order valence-electron chi connectivity index (χ4n) is 4.19. The van der Waals surface area contributed by atoms with Crippen LogP contribution in [0.4, 0.5) is 5.82 Å². The van der Waals surface area contributed by atoms with Crippen LogP contribution in [-0.4, -0.2) is 52.1 Å². The summed E-state index contributed by atoms with van der Waals surface area (Å²) in [4.78, 5) is 26.6. The maximum absolute atomic E-state index is 12.7. The number of aliphatic hydroxyl groups is 1. The van der Waals surface area contributed by atoms with Crippen LogP contribution in [0.5, 0.6) is 0 Å². The molecule has 2 heterocycles. The van der Waals surface area contributed by atoms with Crippen molar-refractivity contribution in [1.29, 1.82) is 0 Å². The molecule has 1 fully saturated rings. The molecule has 1 aliphatic heterocycles. The van der Waals surface area contributed by atoms with Crippen LogP contribution in [0.3, 0.4) is 0 Å². The largest absolute Gasteiger partial charge is 0.507 e. The van der Waals surface area contributed by atoms with Gasteiger partial charge in [-0.2, -0.15) is 0 Å². The first-order valence-electron chi connectivity index (χ1n) is 12.4. The van der Waals surface area contributed by atoms with E-state index in [-0.39, 0.29) is 11.7 Å². The van der Waals surface area contributed by atoms with E-state index in [4.69, 9.17) is 9.97 Å². The smallest absolute Gasteiger partial charge is 0.222 e. The zero-order valence-corrected chi connectivity index (χ0v) is 21.0. The van der Waals surface area contributed by atoms with Crippen molar-refractivity contribution in [2.24, 2.45) is 5.92 Å². The summed E-state index contributed by atoms with van der Waals surface area (Å²) in [5.41, 5.74) is 2.51. The number of carbonyl (C=O) groups excluding carboxylic acids is 1. The zero-order valence-electron chi connectivity index (χ0n) is 21.0. The molecular weight excluding hydrogens is 424 g/mol. The predicted molar refractivity (Wildman–Crippen MR) is 141 cm³/mol. The molecule has 6 heteroatoms. The molecule has 0 bridgehead atoms. The number of hydrogen-bond acceptors (Lipinski definition) is 5. The standard InChI is InChI=1S/C28H38N4O2/c1-6-8-11-23(25(33)7-2)27-29-24-19-21(5)13-14-22(24)28(30-27)32-17-15-31(16-18-32)26(34)12-9-10-20(3)4/h7-8,11,13-14,19-20,33H,2,6,9-10,12,15-18H2,1,3-5H3/b11-8-,25-23-. The van der Waals surface area contributed by atoms with Crippen molar-refractivity contribution in [3.05, 3.63) is 60.2 Å². The van der Waals surface area contributed by atoms with Crippen molar-refractivity contribution in [1.82, 2.24) is 14.9 Å². The number of aromatic nitrogens is 2. The highest BCUT2D eigenvalue weighted by Gasteiger charge is 2.24. The van der Waals surface area contributed by atoms with Crippen LogP contribution in [-0.2, 0) is 4.79 Å². The third kappa shape index (κ3) is 6.25. The van der Waals surface area contributed by atoms with Gasteiger partial charge in [0.1, 0.15) is 11.6 Å². The summed E-state index contributed by atoms with van der Waals surface area (Å²) >= 11 is 0. The van der Waals surface area contributed by atoms with E-state index in [0.717, 1.165) is 41.5 Å². The van der Waals surface area contributed by atoms with Crippen LogP contribution in [0.2, 0.25) is 0 Å². The molecule has 0 radical (unpaired) electrons. The Morgan fingerprint density at radius 2 is 1.94 bits per heavy atom. The number of piperazine rings is 1. The molecule has 0 aliphatic carbocycles. The molecule has 1 N–H and O–H groups in total. The number of rotatable bonds is 9. The number of aryl methyl sites for hydroxylation is 1. The van der Waals surface area contributed by atoms with Gasteiger partial charge in [-0.15, -0.1) is 0 Å². The van der Waals surface area contributed by atoms with Gasteiger partial charge in [0, 0.05) is 38.0 Å². The number of anilines is 1. The zero-order chi connectivity index (χ0) is 24.7. The number of hydrogen-bond donors (Lipinski definition) is 1. The Kier molecular flexibility index (Phi) is 8.85. The van der Waals surface area contributed by atoms with Gasteiger partial charge in [-0.3, -0.25) is 4.79 Å². The lowest BCUT2D eigenvalue weighted by Crippen LogP contribution is -2.49. The van der Waals surface area contributed by atoms with Gasteiger partial charge in [-0.25, -0.2) is 9.97 Å². The molecule has 1 saturated heterocycles. The molecule has 0 saturated carbocycles. The molecule has 1 amide bonds. The second-order valence-corrected chi connectivity index (χ2v) is 9.36. The Hall–Kier alpha value is -3.15. The minimum Gasteiger partial charge on any atom is -0.507 e. The minimum atomic E-state index is 0.0551. The van der Waals surface area contributed by atoms with E-state index in [1.807, 2.05) is 37.0 Å². The van der Waals surface area contributed by atoms with Gasteiger partial charge in [0.15, 0.2) is 5.82 Å². The Labute approximate surface area is 203 Å². The summed E-state index contributed by atoms with van der Waals surface area (Å²) in [6, 6.07) is 6.18. The van der Waals surface area contributed by atoms with Gasteiger partial charge in [-0.1, -0.05) is 52.0 Å². The number of allylic oxidation sites excluding steroid dienone is 4. The van der Waals surface area contributed by atoms with Crippen LogP contribution in [0.1, 0.15) is 57.8 Å². The predicted octanol–water partition coefficient (Wildman–Crippen LogP) is 5.83. The molecule has 0 spiro atoms. The van der Waals surface area contributed by atoms with Gasteiger partial charge in [0.05, 0.1) is 11.1 Å². The third-order valence-corrected chi connectivity index (χ3v) is 6.17. The maximum atomic E-state index is 12.7. The number of aliphatic hydroxyl groups excluding tert-OH is 1. The molecule has 1 aromatic heterocycles. The summed E-state index contributed by atoms with van der Waals surface area (Å²) in [6.45, 7) is 15.0. The molecule has 2 aromatic rings. The number of nitrogens with zero attached hydrogens (tertiary/aromatic N) is 4. The second kappa shape index (κ2) is 11.8. The normalized spacial score (nSPS) is 15.3. The fourth-order valence-corrected chi connectivity index (χ4v) is 4.19. The van der Waals surface area contributed by atoms with E-state index in [1.54, 1.807) is 0 Å². The van der Waals surface area contributed by atoms with Crippen LogP contribution in [0, 0.1) is 12.8 Å². The van der Waals surface area contributed by atoms with Crippen molar-refractivity contribution >= 4 is 28.2 Å². The van der Waals surface area contributed by atoms with E-state index in [0.29, 0.717) is 49.9 Å². The van der Waals surface area contributed by atoms with Crippen LogP contribution < -0.4 is 4.90 Å². The molecule has 3 rings (SSSR count). The quantitative estimate of drug-likeness (QED) is 0.375. The average Bonchev–Trinajstić information content (AvgIpc) is 2.83. The van der Waals surface area contributed by atoms with Crippen LogP contribution in [0.15, 0.2) is 48.8 Å². The van der Waals surface area contributed by atoms with Crippen LogP contribution >= 0.6 is 0 Å². The first-order chi connectivity index (χ1) is 16.3. The first kappa shape index (κ1) is 25.5. The van der Waals surface area contributed by atoms with Gasteiger partial charge in [0.2, 0.25) is 5.91 Å². The van der Waals surface area contributed by atoms with E-state index >= 15 is 0 Å². The lowest BCUT2D eigenvalue weighted by atomic mass is 10.1. The Bertz CT molecular complexity index is 1080. The molecule has 1 aliphatic rings. The molecular formula is C28H38N4O2. The monoisotopic (exact) mass is 462 g/mol. The van der Waals surface area contributed by atoms with Gasteiger partial charge in [-0.05, 0) is 49.5 Å². The summed E-state index contributed by atoms with van der Waals surface area (Å²) in [6.07, 6.45) is 8.73. The van der Waals surface area contributed by atoms with Crippen LogP contribution in [0.25, 0.3) is 16.5 Å². The number of carbonyl (C=O) groups is 1. The Morgan fingerprint density at radius 3 is 2.59 bits per heavy atom. The van der Waals surface area contributed by atoms with E-state index < -0.39 is 0 Å². The fraction of sp³-hybridized carbons (Fsp3) is 0.464. The minimum absolute atomic E-state index is 0.0551.